The molecule has 0 saturated carbocycles. The van der Waals surface area contributed by atoms with Crippen molar-refractivity contribution in [3.05, 3.63) is 57.1 Å². The van der Waals surface area contributed by atoms with Crippen molar-refractivity contribution in [1.82, 2.24) is 0 Å². The van der Waals surface area contributed by atoms with Crippen molar-refractivity contribution in [2.24, 2.45) is 5.11 Å². The molecule has 32 heavy (non-hydrogen) atoms. The largest absolute Gasteiger partial charge is 0.711 e. The van der Waals surface area contributed by atoms with Crippen LogP contribution in [0.3, 0.4) is 0 Å². The molecule has 1 unspecified atom stereocenters. The van der Waals surface area contributed by atoms with Crippen molar-refractivity contribution >= 4 is 17.3 Å². The molecule has 0 bridgehead atoms. The van der Waals surface area contributed by atoms with Crippen LogP contribution in [0, 0.1) is 0 Å². The van der Waals surface area contributed by atoms with Gasteiger partial charge in [-0.2, -0.15) is 0 Å². The average molecular weight is 437 g/mol. The Kier molecular flexibility index (Phi) is 4.40. The van der Waals surface area contributed by atoms with Crippen LogP contribution in [0.25, 0.3) is 5.53 Å². The number of hydrogen-bond acceptors (Lipinski definition) is 8. The van der Waals surface area contributed by atoms with Crippen LogP contribution in [0.5, 0.6) is 5.75 Å². The molecule has 9 heteroatoms. The maximum atomic E-state index is 13.6. The minimum atomic E-state index is -1.22. The highest BCUT2D eigenvalue weighted by Crippen LogP contribution is 2.54. The highest BCUT2D eigenvalue weighted by molar-refractivity contribution is 6.34. The highest BCUT2D eigenvalue weighted by atomic mass is 16.8. The third-order valence-electron chi connectivity index (χ3n) is 6.30. The van der Waals surface area contributed by atoms with E-state index in [4.69, 9.17) is 18.9 Å². The molecule has 1 fully saturated rings. The van der Waals surface area contributed by atoms with E-state index in [1.807, 2.05) is 0 Å². The van der Waals surface area contributed by atoms with E-state index in [1.165, 1.54) is 13.2 Å². The number of hydrogen-bond donors (Lipinski definition) is 0. The molecule has 0 N–H and O–H groups in total. The predicted octanol–water partition coefficient (Wildman–Crippen LogP) is 2.93. The molecule has 1 saturated heterocycles. The summed E-state index contributed by atoms with van der Waals surface area (Å²) in [6, 6.07) is 3.44. The molecule has 3 atom stereocenters. The van der Waals surface area contributed by atoms with E-state index < -0.39 is 35.1 Å². The zero-order valence-electron chi connectivity index (χ0n) is 18.1. The third-order valence-corrected chi connectivity index (χ3v) is 6.30. The van der Waals surface area contributed by atoms with Crippen LogP contribution in [0.4, 0.5) is 0 Å². The summed E-state index contributed by atoms with van der Waals surface area (Å²) in [5.74, 6) is -2.20. The molecule has 1 aromatic rings. The van der Waals surface area contributed by atoms with Gasteiger partial charge in [0.05, 0.1) is 11.6 Å². The Balaban J connectivity index is 1.69. The molecule has 0 radical (unpaired) electrons. The molecule has 3 aliphatic carbocycles. The van der Waals surface area contributed by atoms with Crippen LogP contribution in [0.2, 0.25) is 0 Å². The Morgan fingerprint density at radius 2 is 1.91 bits per heavy atom. The molecule has 166 valence electrons. The number of ether oxygens (including phenoxy) is 4. The molecule has 0 amide bonds. The predicted molar refractivity (Wildman–Crippen MR) is 109 cm³/mol. The number of ketones is 3. The van der Waals surface area contributed by atoms with Gasteiger partial charge in [-0.15, -0.1) is 0 Å². The number of Topliss-reactive ketones (excluding diaryl/α,β-unsaturated/α-hetero) is 3. The second-order valence-corrected chi connectivity index (χ2v) is 8.94. The summed E-state index contributed by atoms with van der Waals surface area (Å²) in [4.78, 5) is 40.5. The lowest BCUT2D eigenvalue weighted by Crippen LogP contribution is -2.46. The van der Waals surface area contributed by atoms with Crippen molar-refractivity contribution in [2.75, 3.05) is 13.9 Å². The highest BCUT2D eigenvalue weighted by Gasteiger charge is 2.61. The Labute approximate surface area is 183 Å². The van der Waals surface area contributed by atoms with E-state index in [0.717, 1.165) is 0 Å². The van der Waals surface area contributed by atoms with Gasteiger partial charge in [-0.1, -0.05) is 12.1 Å². The van der Waals surface area contributed by atoms with Crippen LogP contribution in [-0.4, -0.2) is 54.8 Å². The minimum Gasteiger partial charge on any atom is -0.711 e. The summed E-state index contributed by atoms with van der Waals surface area (Å²) < 4.78 is 22.5. The van der Waals surface area contributed by atoms with Crippen LogP contribution in [0.15, 0.2) is 45.6 Å². The van der Waals surface area contributed by atoms with Gasteiger partial charge in [-0.05, 0) is 26.8 Å². The summed E-state index contributed by atoms with van der Waals surface area (Å²) in [6.07, 6.45) is -0.787. The first kappa shape index (κ1) is 20.9. The van der Waals surface area contributed by atoms with Gasteiger partial charge in [0, 0.05) is 41.4 Å². The Morgan fingerprint density at radius 3 is 2.59 bits per heavy atom. The van der Waals surface area contributed by atoms with Gasteiger partial charge >= 0.3 is 0 Å². The third kappa shape index (κ3) is 2.65. The summed E-state index contributed by atoms with van der Waals surface area (Å²) >= 11 is 0. The SMILES string of the molecule is COCOc1cccc2c1C(=O)C1=C(C2=O)C2=C(C1N=[N-])[C@H]1OC(C)(C)O[C@@]1(C)CC2=O. The number of fused-ring (bicyclic) bond motifs is 4. The molecule has 1 aliphatic heterocycles. The first-order valence-electron chi connectivity index (χ1n) is 10.2. The van der Waals surface area contributed by atoms with Gasteiger partial charge in [0.25, 0.3) is 0 Å². The molecule has 5 rings (SSSR count). The number of nitrogens with zero attached hydrogens (tertiary/aromatic N) is 2. The van der Waals surface area contributed by atoms with Gasteiger partial charge < -0.3 is 29.6 Å². The first-order chi connectivity index (χ1) is 15.1. The lowest BCUT2D eigenvalue weighted by molar-refractivity contribution is -0.161. The lowest BCUT2D eigenvalue weighted by atomic mass is 9.76. The summed E-state index contributed by atoms with van der Waals surface area (Å²) in [5, 5.41) is 3.44. The van der Waals surface area contributed by atoms with E-state index in [-0.39, 0.29) is 58.2 Å². The van der Waals surface area contributed by atoms with Crippen molar-refractivity contribution in [1.29, 1.82) is 0 Å². The van der Waals surface area contributed by atoms with E-state index in [0.29, 0.717) is 0 Å². The Bertz CT molecular complexity index is 1180. The summed E-state index contributed by atoms with van der Waals surface area (Å²) in [6.45, 7) is 5.07. The fourth-order valence-corrected chi connectivity index (χ4v) is 5.32. The zero-order chi connectivity index (χ0) is 23.0. The molecule has 4 aliphatic rings. The summed E-state index contributed by atoms with van der Waals surface area (Å²) in [7, 11) is 1.44. The van der Waals surface area contributed by atoms with Gasteiger partial charge in [-0.25, -0.2) is 0 Å². The molecule has 1 aromatic carbocycles. The first-order valence-corrected chi connectivity index (χ1v) is 10.2. The van der Waals surface area contributed by atoms with Gasteiger partial charge in [-0.3, -0.25) is 14.4 Å². The van der Waals surface area contributed by atoms with Crippen molar-refractivity contribution < 1.29 is 33.3 Å². The van der Waals surface area contributed by atoms with Gasteiger partial charge in [0.2, 0.25) is 0 Å². The lowest BCUT2D eigenvalue weighted by Gasteiger charge is -2.35. The summed E-state index contributed by atoms with van der Waals surface area (Å²) in [5.41, 5.74) is 9.44. The van der Waals surface area contributed by atoms with Crippen molar-refractivity contribution in [3.63, 3.8) is 0 Å². The average Bonchev–Trinajstić information content (AvgIpc) is 3.20. The van der Waals surface area contributed by atoms with E-state index in [9.17, 15) is 19.9 Å². The second-order valence-electron chi connectivity index (χ2n) is 8.94. The van der Waals surface area contributed by atoms with E-state index in [2.05, 4.69) is 5.11 Å². The van der Waals surface area contributed by atoms with Crippen LogP contribution in [-0.2, 0) is 19.0 Å². The zero-order valence-corrected chi connectivity index (χ0v) is 18.1. The normalized spacial score (nSPS) is 30.2. The van der Waals surface area contributed by atoms with Crippen molar-refractivity contribution in [2.45, 2.75) is 50.7 Å². The minimum absolute atomic E-state index is 0.0236. The maximum absolute atomic E-state index is 13.6. The molecule has 9 nitrogen and oxygen atoms in total. The second kappa shape index (κ2) is 6.74. The molecular formula is C23H21N2O7-. The van der Waals surface area contributed by atoms with Crippen LogP contribution in [0.1, 0.15) is 47.9 Å². The standard InChI is InChI=1S/C23H21N2O7/c1-22(2)31-21-17-14(11(26)8-23(21,3)32-22)15-16(18(17)25-24)20(28)13-10(19(15)27)6-5-7-12(13)30-9-29-4/h5-7,18,21H,8-9H2,1-4H3/q-1/t18?,21-,23+/m1/s1. The number of methoxy groups -OCH3 is 1. The number of benzene rings is 1. The maximum Gasteiger partial charge on any atom is 0.196 e. The number of allylic oxidation sites excluding steroid dienone is 2. The number of rotatable bonds is 4. The fourth-order valence-electron chi connectivity index (χ4n) is 5.32. The molecule has 1 heterocycles. The van der Waals surface area contributed by atoms with E-state index >= 15 is 0 Å². The molecule has 0 aromatic heterocycles. The number of carbonyl (C=O) groups is 3. The fraction of sp³-hybridized carbons (Fsp3) is 0.435. The number of carbonyl (C=O) groups excluding carboxylic acids is 3. The van der Waals surface area contributed by atoms with Crippen LogP contribution < -0.4 is 4.74 Å². The van der Waals surface area contributed by atoms with Gasteiger partial charge in [0.15, 0.2) is 29.9 Å². The smallest absolute Gasteiger partial charge is 0.196 e. The topological polar surface area (TPSA) is 123 Å². The van der Waals surface area contributed by atoms with Crippen LogP contribution >= 0.6 is 0 Å². The van der Waals surface area contributed by atoms with E-state index in [1.54, 1.807) is 32.9 Å². The Morgan fingerprint density at radius 1 is 1.16 bits per heavy atom. The Hall–Kier alpha value is -3.01. The molecule has 0 spiro atoms. The molecular weight excluding hydrogens is 416 g/mol. The van der Waals surface area contributed by atoms with Gasteiger partial charge in [0.1, 0.15) is 17.5 Å². The quantitative estimate of drug-likeness (QED) is 0.524. The monoisotopic (exact) mass is 437 g/mol. The van der Waals surface area contributed by atoms with Crippen molar-refractivity contribution in [3.8, 4) is 5.75 Å².